The van der Waals surface area contributed by atoms with Gasteiger partial charge >= 0.3 is 0 Å². The molecule has 0 aliphatic rings. The number of nitrogens with zero attached hydrogens (tertiary/aromatic N) is 3. The van der Waals surface area contributed by atoms with Crippen molar-refractivity contribution < 1.29 is 4.39 Å². The first kappa shape index (κ1) is 25.4. The number of imidazole rings is 1. The van der Waals surface area contributed by atoms with Crippen molar-refractivity contribution in [2.75, 3.05) is 17.7 Å². The maximum absolute atomic E-state index is 14.5. The zero-order valence-corrected chi connectivity index (χ0v) is 21.1. The first-order chi connectivity index (χ1) is 18.0. The van der Waals surface area contributed by atoms with Crippen molar-refractivity contribution in [2.45, 2.75) is 26.3 Å². The highest BCUT2D eigenvalue weighted by molar-refractivity contribution is 5.91. The van der Waals surface area contributed by atoms with Crippen molar-refractivity contribution in [3.63, 3.8) is 0 Å². The van der Waals surface area contributed by atoms with Gasteiger partial charge in [-0.2, -0.15) is 0 Å². The normalized spacial score (nSPS) is 10.7. The van der Waals surface area contributed by atoms with Crippen LogP contribution < -0.4 is 10.6 Å². The van der Waals surface area contributed by atoms with E-state index in [9.17, 15) is 4.39 Å². The van der Waals surface area contributed by atoms with E-state index in [4.69, 9.17) is 4.98 Å². The van der Waals surface area contributed by atoms with Crippen LogP contribution in [0.4, 0.5) is 15.8 Å². The summed E-state index contributed by atoms with van der Waals surface area (Å²) in [5, 5.41) is 6.69. The molecule has 3 aromatic heterocycles. The second-order valence-electron chi connectivity index (χ2n) is 8.81. The molecule has 7 heteroatoms. The molecule has 3 heterocycles. The Morgan fingerprint density at radius 2 is 1.70 bits per heavy atom. The lowest BCUT2D eigenvalue weighted by Crippen LogP contribution is -2.09. The average Bonchev–Trinajstić information content (AvgIpc) is 3.33. The van der Waals surface area contributed by atoms with E-state index < -0.39 is 0 Å². The standard InChI is InChI=1S/C28H27FN6.C2H2/c1-17(2)33-21-11-20(13-31-14-21)18-8-9-25(30-3)19(10-18)12-27-34-26-16-32-15-23(28(26)35-27)22-6-4-5-7-24(22)29;1-2/h4-11,13-17,30,33H,12H2,1-3H3,(H,34,35);1-2H. The predicted molar refractivity (Wildman–Crippen MR) is 150 cm³/mol. The van der Waals surface area contributed by atoms with Crippen LogP contribution in [0, 0.1) is 18.7 Å². The third-order valence-electron chi connectivity index (χ3n) is 5.87. The molecule has 0 saturated heterocycles. The molecule has 37 heavy (non-hydrogen) atoms. The molecule has 0 radical (unpaired) electrons. The lowest BCUT2D eigenvalue weighted by atomic mass is 10.0. The van der Waals surface area contributed by atoms with Crippen molar-refractivity contribution in [2.24, 2.45) is 0 Å². The van der Waals surface area contributed by atoms with Gasteiger partial charge in [0.15, 0.2) is 0 Å². The molecule has 186 valence electrons. The number of H-pyrrole nitrogens is 1. The molecule has 5 rings (SSSR count). The summed E-state index contributed by atoms with van der Waals surface area (Å²) in [5.74, 6) is 0.493. The number of fused-ring (bicyclic) bond motifs is 1. The fourth-order valence-electron chi connectivity index (χ4n) is 4.30. The lowest BCUT2D eigenvalue weighted by Gasteiger charge is -2.13. The summed E-state index contributed by atoms with van der Waals surface area (Å²) in [6, 6.07) is 15.4. The van der Waals surface area contributed by atoms with Gasteiger partial charge in [0.05, 0.1) is 22.9 Å². The summed E-state index contributed by atoms with van der Waals surface area (Å²) in [7, 11) is 1.91. The second-order valence-corrected chi connectivity index (χ2v) is 8.81. The Balaban J connectivity index is 0.00000156. The van der Waals surface area contributed by atoms with E-state index in [1.165, 1.54) is 6.07 Å². The highest BCUT2D eigenvalue weighted by atomic mass is 19.1. The van der Waals surface area contributed by atoms with Crippen molar-refractivity contribution in [3.8, 4) is 35.1 Å². The van der Waals surface area contributed by atoms with Crippen molar-refractivity contribution in [3.05, 3.63) is 90.5 Å². The number of terminal acetylenes is 1. The smallest absolute Gasteiger partial charge is 0.131 e. The number of aromatic nitrogens is 4. The van der Waals surface area contributed by atoms with Gasteiger partial charge < -0.3 is 15.6 Å². The van der Waals surface area contributed by atoms with Crippen LogP contribution in [0.2, 0.25) is 0 Å². The van der Waals surface area contributed by atoms with Crippen molar-refractivity contribution >= 4 is 22.4 Å². The number of hydrogen-bond donors (Lipinski definition) is 3. The molecule has 0 aliphatic heterocycles. The van der Waals surface area contributed by atoms with E-state index in [2.05, 4.69) is 76.5 Å². The largest absolute Gasteiger partial charge is 0.388 e. The van der Waals surface area contributed by atoms with Crippen LogP contribution in [-0.4, -0.2) is 33.0 Å². The van der Waals surface area contributed by atoms with E-state index in [0.717, 1.165) is 39.4 Å². The van der Waals surface area contributed by atoms with Gasteiger partial charge in [0.1, 0.15) is 11.6 Å². The number of pyridine rings is 2. The molecule has 0 unspecified atom stereocenters. The predicted octanol–water partition coefficient (Wildman–Crippen LogP) is 6.53. The fraction of sp³-hybridized carbons (Fsp3) is 0.167. The number of anilines is 2. The maximum atomic E-state index is 14.5. The van der Waals surface area contributed by atoms with Gasteiger partial charge in [-0.1, -0.05) is 24.3 Å². The van der Waals surface area contributed by atoms with Crippen LogP contribution in [0.15, 0.2) is 73.3 Å². The molecule has 6 nitrogen and oxygen atoms in total. The van der Waals surface area contributed by atoms with E-state index in [-0.39, 0.29) is 5.82 Å². The van der Waals surface area contributed by atoms with Crippen LogP contribution in [0.3, 0.4) is 0 Å². The average molecular weight is 493 g/mol. The Hall–Kier alpha value is -4.70. The van der Waals surface area contributed by atoms with E-state index in [1.807, 2.05) is 25.5 Å². The number of nitrogens with one attached hydrogen (secondary N) is 3. The number of hydrogen-bond acceptors (Lipinski definition) is 5. The zero-order valence-electron chi connectivity index (χ0n) is 21.1. The maximum Gasteiger partial charge on any atom is 0.131 e. The number of halogens is 1. The first-order valence-electron chi connectivity index (χ1n) is 12.0. The third kappa shape index (κ3) is 5.60. The van der Waals surface area contributed by atoms with E-state index in [0.29, 0.717) is 29.1 Å². The van der Waals surface area contributed by atoms with Crippen molar-refractivity contribution in [1.29, 1.82) is 0 Å². The number of benzene rings is 2. The Bertz CT molecular complexity index is 1540. The summed E-state index contributed by atoms with van der Waals surface area (Å²) in [5.41, 5.74) is 7.85. The third-order valence-corrected chi connectivity index (χ3v) is 5.87. The minimum absolute atomic E-state index is 0.292. The highest BCUT2D eigenvalue weighted by Crippen LogP contribution is 2.31. The molecule has 0 fully saturated rings. The van der Waals surface area contributed by atoms with Crippen LogP contribution in [0.25, 0.3) is 33.3 Å². The quantitative estimate of drug-likeness (QED) is 0.225. The minimum Gasteiger partial charge on any atom is -0.388 e. The zero-order chi connectivity index (χ0) is 26.4. The van der Waals surface area contributed by atoms with Gasteiger partial charge in [-0.3, -0.25) is 9.97 Å². The van der Waals surface area contributed by atoms with Crippen LogP contribution >= 0.6 is 0 Å². The Kier molecular flexibility index (Phi) is 7.80. The summed E-state index contributed by atoms with van der Waals surface area (Å²) in [6.45, 7) is 4.21. The van der Waals surface area contributed by atoms with Crippen LogP contribution in [0.1, 0.15) is 25.2 Å². The van der Waals surface area contributed by atoms with Gasteiger partial charge in [-0.25, -0.2) is 9.37 Å². The van der Waals surface area contributed by atoms with Crippen LogP contribution in [0.5, 0.6) is 0 Å². The molecule has 0 spiro atoms. The number of rotatable bonds is 7. The molecule has 0 atom stereocenters. The molecule has 0 amide bonds. The molecule has 0 bridgehead atoms. The molecular formula is C30H29FN6. The summed E-state index contributed by atoms with van der Waals surface area (Å²) >= 11 is 0. The highest BCUT2D eigenvalue weighted by Gasteiger charge is 2.14. The fourth-order valence-corrected chi connectivity index (χ4v) is 4.30. The molecular weight excluding hydrogens is 463 g/mol. The van der Waals surface area contributed by atoms with E-state index in [1.54, 1.807) is 24.5 Å². The minimum atomic E-state index is -0.292. The summed E-state index contributed by atoms with van der Waals surface area (Å²) in [6.07, 6.45) is 15.7. The summed E-state index contributed by atoms with van der Waals surface area (Å²) in [4.78, 5) is 16.9. The summed E-state index contributed by atoms with van der Waals surface area (Å²) < 4.78 is 14.5. The number of aromatic amines is 1. The van der Waals surface area contributed by atoms with E-state index >= 15 is 0 Å². The van der Waals surface area contributed by atoms with Crippen molar-refractivity contribution in [1.82, 2.24) is 19.9 Å². The Morgan fingerprint density at radius 3 is 2.46 bits per heavy atom. The molecule has 0 saturated carbocycles. The van der Waals surface area contributed by atoms with Gasteiger partial charge in [0.25, 0.3) is 0 Å². The molecule has 2 aromatic carbocycles. The SMILES string of the molecule is C#C.CNc1ccc(-c2cncc(NC(C)C)c2)cc1Cc1nc2c(-c3ccccc3F)cncc2[nH]1. The van der Waals surface area contributed by atoms with Gasteiger partial charge in [-0.05, 0) is 49.2 Å². The lowest BCUT2D eigenvalue weighted by molar-refractivity contribution is 0.631. The van der Waals surface area contributed by atoms with Gasteiger partial charge in [-0.15, -0.1) is 12.8 Å². The molecule has 5 aromatic rings. The second kappa shape index (κ2) is 11.4. The van der Waals surface area contributed by atoms with Crippen LogP contribution in [-0.2, 0) is 6.42 Å². The Labute approximate surface area is 216 Å². The molecule has 3 N–H and O–H groups in total. The Morgan fingerprint density at radius 1 is 0.919 bits per heavy atom. The first-order valence-corrected chi connectivity index (χ1v) is 12.0. The van der Waals surface area contributed by atoms with Gasteiger partial charge in [0, 0.05) is 60.5 Å². The monoisotopic (exact) mass is 492 g/mol. The topological polar surface area (TPSA) is 78.5 Å². The molecule has 0 aliphatic carbocycles. The van der Waals surface area contributed by atoms with Gasteiger partial charge in [0.2, 0.25) is 0 Å².